The number of hydrogen-bond acceptors (Lipinski definition) is 4. The maximum atomic E-state index is 14.5. The average molecular weight is 433 g/mol. The van der Waals surface area contributed by atoms with E-state index in [1.54, 1.807) is 36.4 Å². The van der Waals surface area contributed by atoms with E-state index >= 15 is 0 Å². The fraction of sp³-hybridized carbons (Fsp3) is 0.333. The third-order valence-corrected chi connectivity index (χ3v) is 5.95. The van der Waals surface area contributed by atoms with Gasteiger partial charge in [-0.2, -0.15) is 0 Å². The molecule has 1 fully saturated rings. The summed E-state index contributed by atoms with van der Waals surface area (Å²) in [4.78, 5) is 24.6. The molecular formula is C24H24FN5O2. The third kappa shape index (κ3) is 4.26. The summed E-state index contributed by atoms with van der Waals surface area (Å²) in [6, 6.07) is 11.2. The average Bonchev–Trinajstić information content (AvgIpc) is 3.61. The lowest BCUT2D eigenvalue weighted by Gasteiger charge is -2.11. The van der Waals surface area contributed by atoms with Gasteiger partial charge in [-0.05, 0) is 68.1 Å². The fourth-order valence-corrected chi connectivity index (χ4v) is 3.95. The topological polar surface area (TPSA) is 88.9 Å². The van der Waals surface area contributed by atoms with Gasteiger partial charge in [-0.1, -0.05) is 6.42 Å². The second kappa shape index (κ2) is 8.53. The monoisotopic (exact) mass is 433 g/mol. The van der Waals surface area contributed by atoms with E-state index in [1.165, 1.54) is 6.07 Å². The lowest BCUT2D eigenvalue weighted by molar-refractivity contribution is -0.117. The number of rotatable bonds is 5. The minimum Gasteiger partial charge on any atom is -0.326 e. The normalized spacial score (nSPS) is 15.5. The van der Waals surface area contributed by atoms with Crippen LogP contribution in [0.2, 0.25) is 0 Å². The van der Waals surface area contributed by atoms with Gasteiger partial charge in [0.15, 0.2) is 5.82 Å². The number of fused-ring (bicyclic) bond motifs is 1. The van der Waals surface area contributed by atoms with E-state index in [0.29, 0.717) is 22.6 Å². The summed E-state index contributed by atoms with van der Waals surface area (Å²) in [6.07, 6.45) is 6.03. The zero-order valence-electron chi connectivity index (χ0n) is 17.6. The second-order valence-electron chi connectivity index (χ2n) is 8.39. The van der Waals surface area contributed by atoms with Gasteiger partial charge in [0, 0.05) is 35.7 Å². The highest BCUT2D eigenvalue weighted by atomic mass is 19.1. The maximum Gasteiger partial charge on any atom is 0.255 e. The molecule has 32 heavy (non-hydrogen) atoms. The first-order valence-corrected chi connectivity index (χ1v) is 11.0. The Kier molecular flexibility index (Phi) is 5.43. The number of amides is 2. The van der Waals surface area contributed by atoms with Gasteiger partial charge in [0.05, 0.1) is 5.69 Å². The highest BCUT2D eigenvalue weighted by Gasteiger charge is 2.29. The van der Waals surface area contributed by atoms with Crippen LogP contribution >= 0.6 is 0 Å². The predicted octanol–water partition coefficient (Wildman–Crippen LogP) is 4.41. The van der Waals surface area contributed by atoms with Gasteiger partial charge in [-0.25, -0.2) is 4.39 Å². The molecule has 1 saturated carbocycles. The van der Waals surface area contributed by atoms with Crippen molar-refractivity contribution in [2.75, 3.05) is 10.6 Å². The summed E-state index contributed by atoms with van der Waals surface area (Å²) in [6.45, 7) is 0.834. The number of nitrogens with one attached hydrogen (secondary N) is 2. The summed E-state index contributed by atoms with van der Waals surface area (Å²) >= 11 is 0. The molecule has 2 aliphatic rings. The van der Waals surface area contributed by atoms with Crippen LogP contribution in [0.25, 0.3) is 11.4 Å². The zero-order valence-corrected chi connectivity index (χ0v) is 17.6. The first kappa shape index (κ1) is 20.4. The Morgan fingerprint density at radius 3 is 2.56 bits per heavy atom. The smallest absolute Gasteiger partial charge is 0.255 e. The summed E-state index contributed by atoms with van der Waals surface area (Å²) in [5.41, 5.74) is 1.81. The number of carbonyl (C=O) groups is 2. The molecule has 2 amide bonds. The van der Waals surface area contributed by atoms with Crippen molar-refractivity contribution in [2.45, 2.75) is 45.1 Å². The molecule has 0 unspecified atom stereocenters. The summed E-state index contributed by atoms with van der Waals surface area (Å²) in [7, 11) is 0. The minimum atomic E-state index is -0.522. The van der Waals surface area contributed by atoms with Crippen LogP contribution in [-0.4, -0.2) is 26.6 Å². The van der Waals surface area contributed by atoms with Crippen LogP contribution in [0.5, 0.6) is 0 Å². The van der Waals surface area contributed by atoms with E-state index in [2.05, 4.69) is 25.4 Å². The van der Waals surface area contributed by atoms with Crippen LogP contribution in [0.3, 0.4) is 0 Å². The van der Waals surface area contributed by atoms with E-state index in [0.717, 1.165) is 50.9 Å². The molecule has 0 spiro atoms. The molecular weight excluding hydrogens is 409 g/mol. The second-order valence-corrected chi connectivity index (χ2v) is 8.39. The Labute approximate surface area is 185 Å². The van der Waals surface area contributed by atoms with Crippen molar-refractivity contribution in [1.29, 1.82) is 0 Å². The number of hydrogen-bond donors (Lipinski definition) is 2. The number of nitrogens with zero attached hydrogens (tertiary/aromatic N) is 3. The molecule has 1 aliphatic heterocycles. The van der Waals surface area contributed by atoms with E-state index in [4.69, 9.17) is 0 Å². The van der Waals surface area contributed by atoms with Gasteiger partial charge in [-0.3, -0.25) is 9.59 Å². The zero-order chi connectivity index (χ0) is 22.1. The molecule has 8 heteroatoms. The van der Waals surface area contributed by atoms with Crippen LogP contribution < -0.4 is 10.6 Å². The number of aryl methyl sites for hydroxylation is 1. The molecule has 0 saturated heterocycles. The number of aromatic nitrogens is 3. The lowest BCUT2D eigenvalue weighted by atomic mass is 10.1. The number of anilines is 2. The first-order chi connectivity index (χ1) is 15.6. The maximum absolute atomic E-state index is 14.5. The Bertz CT molecular complexity index is 1170. The molecule has 2 N–H and O–H groups in total. The summed E-state index contributed by atoms with van der Waals surface area (Å²) < 4.78 is 16.6. The summed E-state index contributed by atoms with van der Waals surface area (Å²) in [5, 5.41) is 14.1. The number of carbonyl (C=O) groups excluding carboxylic acids is 2. The van der Waals surface area contributed by atoms with Crippen LogP contribution in [-0.2, 0) is 17.8 Å². The standard InChI is InChI=1S/C24H24FN5O2/c25-19-12-9-17(22-29-28-21-4-2-1-3-13-30(21)22)14-20(19)27-24(32)16-7-10-18(11-8-16)26-23(31)15-5-6-15/h7-12,14-15H,1-6,13H2,(H,26,31)(H,27,32). The quantitative estimate of drug-likeness (QED) is 0.624. The number of benzene rings is 2. The van der Waals surface area contributed by atoms with Crippen LogP contribution in [0.1, 0.15) is 48.3 Å². The highest BCUT2D eigenvalue weighted by Crippen LogP contribution is 2.30. The van der Waals surface area contributed by atoms with Crippen molar-refractivity contribution < 1.29 is 14.0 Å². The van der Waals surface area contributed by atoms with Crippen molar-refractivity contribution in [2.24, 2.45) is 5.92 Å². The van der Waals surface area contributed by atoms with Gasteiger partial charge >= 0.3 is 0 Å². The summed E-state index contributed by atoms with van der Waals surface area (Å²) in [5.74, 6) is 0.794. The molecule has 0 radical (unpaired) electrons. The highest BCUT2D eigenvalue weighted by molar-refractivity contribution is 6.05. The van der Waals surface area contributed by atoms with Crippen LogP contribution in [0.15, 0.2) is 42.5 Å². The molecule has 0 bridgehead atoms. The van der Waals surface area contributed by atoms with E-state index in [-0.39, 0.29) is 17.5 Å². The van der Waals surface area contributed by atoms with Crippen molar-refractivity contribution in [3.8, 4) is 11.4 Å². The Hall–Kier alpha value is -3.55. The van der Waals surface area contributed by atoms with Gasteiger partial charge in [-0.15, -0.1) is 10.2 Å². The fourth-order valence-electron chi connectivity index (χ4n) is 3.95. The van der Waals surface area contributed by atoms with Gasteiger partial charge in [0.2, 0.25) is 5.91 Å². The molecule has 2 aromatic carbocycles. The molecule has 5 rings (SSSR count). The molecule has 7 nitrogen and oxygen atoms in total. The molecule has 2 heterocycles. The molecule has 1 aromatic heterocycles. The van der Waals surface area contributed by atoms with Crippen LogP contribution in [0, 0.1) is 11.7 Å². The van der Waals surface area contributed by atoms with E-state index in [9.17, 15) is 14.0 Å². The Balaban J connectivity index is 1.32. The Morgan fingerprint density at radius 2 is 1.78 bits per heavy atom. The molecule has 164 valence electrons. The van der Waals surface area contributed by atoms with Crippen molar-refractivity contribution >= 4 is 23.2 Å². The van der Waals surface area contributed by atoms with E-state index in [1.807, 2.05) is 0 Å². The van der Waals surface area contributed by atoms with E-state index < -0.39 is 11.7 Å². The van der Waals surface area contributed by atoms with Crippen molar-refractivity contribution in [3.05, 3.63) is 59.7 Å². The predicted molar refractivity (Wildman–Crippen MR) is 119 cm³/mol. The third-order valence-electron chi connectivity index (χ3n) is 5.95. The SMILES string of the molecule is O=C(Nc1cc(-c2nnc3n2CCCCC3)ccc1F)c1ccc(NC(=O)C2CC2)cc1. The molecule has 1 aliphatic carbocycles. The first-order valence-electron chi connectivity index (χ1n) is 11.0. The van der Waals surface area contributed by atoms with Gasteiger partial charge in [0.1, 0.15) is 11.6 Å². The molecule has 3 aromatic rings. The van der Waals surface area contributed by atoms with Gasteiger partial charge in [0.25, 0.3) is 5.91 Å². The van der Waals surface area contributed by atoms with Gasteiger partial charge < -0.3 is 15.2 Å². The number of halogens is 1. The Morgan fingerprint density at radius 1 is 0.969 bits per heavy atom. The molecule has 0 atom stereocenters. The minimum absolute atomic E-state index is 0.00691. The van der Waals surface area contributed by atoms with Crippen molar-refractivity contribution in [1.82, 2.24) is 14.8 Å². The van der Waals surface area contributed by atoms with Crippen LogP contribution in [0.4, 0.5) is 15.8 Å². The lowest BCUT2D eigenvalue weighted by Crippen LogP contribution is -2.15. The van der Waals surface area contributed by atoms with Crippen molar-refractivity contribution in [3.63, 3.8) is 0 Å². The largest absolute Gasteiger partial charge is 0.326 e.